The summed E-state index contributed by atoms with van der Waals surface area (Å²) in [5.41, 5.74) is -0.402. The van der Waals surface area contributed by atoms with Gasteiger partial charge in [0.15, 0.2) is 0 Å². The average molecular weight is 348 g/mol. The van der Waals surface area contributed by atoms with E-state index >= 15 is 0 Å². The van der Waals surface area contributed by atoms with Gasteiger partial charge in [-0.2, -0.15) is 0 Å². The van der Waals surface area contributed by atoms with Crippen molar-refractivity contribution in [1.29, 1.82) is 0 Å². The summed E-state index contributed by atoms with van der Waals surface area (Å²) in [6, 6.07) is 5.90. The van der Waals surface area contributed by atoms with E-state index in [1.807, 2.05) is 36.9 Å². The van der Waals surface area contributed by atoms with Gasteiger partial charge in [0.25, 0.3) is 0 Å². The second-order valence-electron chi connectivity index (χ2n) is 7.24. The summed E-state index contributed by atoms with van der Waals surface area (Å²) in [6.07, 6.45) is 2.65. The summed E-state index contributed by atoms with van der Waals surface area (Å²) in [7, 11) is 0. The van der Waals surface area contributed by atoms with Crippen molar-refractivity contribution < 1.29 is 14.3 Å². The Labute approximate surface area is 149 Å². The molecule has 1 aromatic heterocycles. The highest BCUT2D eigenvalue weighted by molar-refractivity contribution is 5.74. The maximum Gasteiger partial charge on any atom is 0.317 e. The van der Waals surface area contributed by atoms with E-state index in [0.717, 1.165) is 18.8 Å². The van der Waals surface area contributed by atoms with E-state index in [0.29, 0.717) is 38.8 Å². The maximum absolute atomic E-state index is 12.4. The molecule has 2 N–H and O–H groups in total. The number of urea groups is 1. The molecule has 2 saturated heterocycles. The van der Waals surface area contributed by atoms with Crippen LogP contribution in [0, 0.1) is 5.92 Å². The predicted molar refractivity (Wildman–Crippen MR) is 95.6 cm³/mol. The molecule has 3 heterocycles. The van der Waals surface area contributed by atoms with E-state index < -0.39 is 5.60 Å². The van der Waals surface area contributed by atoms with Crippen molar-refractivity contribution in [3.63, 3.8) is 0 Å². The Morgan fingerprint density at radius 2 is 2.36 bits per heavy atom. The number of hydrogen-bond donors (Lipinski definition) is 2. The number of amides is 2. The van der Waals surface area contributed by atoms with E-state index in [4.69, 9.17) is 9.47 Å². The van der Waals surface area contributed by atoms with Crippen molar-refractivity contribution in [1.82, 2.24) is 15.2 Å². The Balaban J connectivity index is 1.56. The van der Waals surface area contributed by atoms with Crippen LogP contribution in [-0.2, 0) is 9.47 Å². The molecule has 1 spiro atoms. The number of rotatable bonds is 4. The monoisotopic (exact) mass is 348 g/mol. The number of nitrogens with one attached hydrogen (secondary N) is 2. The first-order chi connectivity index (χ1) is 12.1. The van der Waals surface area contributed by atoms with Crippen LogP contribution in [0.3, 0.4) is 0 Å². The summed E-state index contributed by atoms with van der Waals surface area (Å²) in [6.45, 7) is 7.67. The highest BCUT2D eigenvalue weighted by Crippen LogP contribution is 2.33. The van der Waals surface area contributed by atoms with Crippen LogP contribution in [-0.4, -0.2) is 67.0 Å². The van der Waals surface area contributed by atoms with Gasteiger partial charge in [-0.3, -0.25) is 0 Å². The molecule has 25 heavy (non-hydrogen) atoms. The van der Waals surface area contributed by atoms with E-state index in [1.165, 1.54) is 0 Å². The third-order valence-corrected chi connectivity index (χ3v) is 4.57. The topological polar surface area (TPSA) is 75.7 Å². The highest BCUT2D eigenvalue weighted by atomic mass is 16.5. The molecule has 0 radical (unpaired) electrons. The first kappa shape index (κ1) is 17.9. The predicted octanol–water partition coefficient (Wildman–Crippen LogP) is 1.72. The van der Waals surface area contributed by atoms with Gasteiger partial charge in [0.05, 0.1) is 26.4 Å². The van der Waals surface area contributed by atoms with Gasteiger partial charge in [0, 0.05) is 31.2 Å². The number of aromatic nitrogens is 1. The molecular weight excluding hydrogens is 320 g/mol. The van der Waals surface area contributed by atoms with E-state index in [9.17, 15) is 4.79 Å². The van der Waals surface area contributed by atoms with Crippen molar-refractivity contribution in [2.45, 2.75) is 31.9 Å². The molecule has 2 fully saturated rings. The van der Waals surface area contributed by atoms with Gasteiger partial charge in [0.1, 0.15) is 11.4 Å². The number of anilines is 1. The zero-order valence-corrected chi connectivity index (χ0v) is 15.0. The Hall–Kier alpha value is -1.86. The van der Waals surface area contributed by atoms with Gasteiger partial charge < -0.3 is 25.0 Å². The van der Waals surface area contributed by atoms with Crippen molar-refractivity contribution >= 4 is 11.8 Å². The van der Waals surface area contributed by atoms with Crippen molar-refractivity contribution in [2.75, 3.05) is 44.8 Å². The molecule has 0 saturated carbocycles. The minimum atomic E-state index is -0.402. The molecule has 2 aliphatic rings. The second-order valence-corrected chi connectivity index (χ2v) is 7.24. The molecule has 0 bridgehead atoms. The zero-order chi connectivity index (χ0) is 17.7. The quantitative estimate of drug-likeness (QED) is 0.866. The number of carbonyl (C=O) groups excluding carboxylic acids is 1. The lowest BCUT2D eigenvalue weighted by Gasteiger charge is -2.31. The smallest absolute Gasteiger partial charge is 0.317 e. The zero-order valence-electron chi connectivity index (χ0n) is 15.0. The summed E-state index contributed by atoms with van der Waals surface area (Å²) in [4.78, 5) is 18.5. The molecule has 3 rings (SSSR count). The first-order valence-corrected chi connectivity index (χ1v) is 8.98. The molecule has 1 aromatic rings. The van der Waals surface area contributed by atoms with Crippen LogP contribution in [0.4, 0.5) is 10.6 Å². The van der Waals surface area contributed by atoms with Crippen LogP contribution in [0.5, 0.6) is 0 Å². The molecule has 2 aliphatic heterocycles. The standard InChI is InChI=1S/C18H28N4O3/c1-14(2)21-17(23)22-7-8-24-13-18(12-22)9-15(11-25-18)10-20-16-5-3-4-6-19-16/h3-6,14-15H,7-13H2,1-2H3,(H,19,20)(H,21,23)/t15-,18-/m1/s1. The minimum absolute atomic E-state index is 0.0430. The number of pyridine rings is 1. The van der Waals surface area contributed by atoms with Crippen molar-refractivity contribution in [3.05, 3.63) is 24.4 Å². The summed E-state index contributed by atoms with van der Waals surface area (Å²) in [5, 5.41) is 6.32. The number of carbonyl (C=O) groups is 1. The normalized spacial score (nSPS) is 26.7. The van der Waals surface area contributed by atoms with E-state index in [1.54, 1.807) is 6.20 Å². The molecule has 2 atom stereocenters. The van der Waals surface area contributed by atoms with Crippen molar-refractivity contribution in [3.8, 4) is 0 Å². The van der Waals surface area contributed by atoms with Gasteiger partial charge in [-0.1, -0.05) is 6.07 Å². The summed E-state index contributed by atoms with van der Waals surface area (Å²) >= 11 is 0. The Bertz CT molecular complexity index is 569. The molecule has 7 heteroatoms. The van der Waals surface area contributed by atoms with E-state index in [2.05, 4.69) is 15.6 Å². The van der Waals surface area contributed by atoms with Crippen LogP contribution in [0.25, 0.3) is 0 Å². The van der Waals surface area contributed by atoms with Gasteiger partial charge in [-0.25, -0.2) is 9.78 Å². The summed E-state index contributed by atoms with van der Waals surface area (Å²) < 4.78 is 11.9. The fourth-order valence-electron chi connectivity index (χ4n) is 3.41. The van der Waals surface area contributed by atoms with Crippen LogP contribution in [0.1, 0.15) is 20.3 Å². The lowest BCUT2D eigenvalue weighted by atomic mass is 9.94. The van der Waals surface area contributed by atoms with E-state index in [-0.39, 0.29) is 12.1 Å². The molecular formula is C18H28N4O3. The molecule has 2 amide bonds. The fraction of sp³-hybridized carbons (Fsp3) is 0.667. The SMILES string of the molecule is CC(C)NC(=O)N1CCOC[C@@]2(C[C@H](CNc3ccccn3)CO2)C1. The van der Waals surface area contributed by atoms with Crippen LogP contribution in [0.2, 0.25) is 0 Å². The van der Waals surface area contributed by atoms with Gasteiger partial charge in [-0.05, 0) is 32.4 Å². The lowest BCUT2D eigenvalue weighted by Crippen LogP contribution is -2.50. The Kier molecular flexibility index (Phi) is 5.75. The Morgan fingerprint density at radius 1 is 1.48 bits per heavy atom. The largest absolute Gasteiger partial charge is 0.377 e. The molecule has 0 aliphatic carbocycles. The van der Waals surface area contributed by atoms with Crippen LogP contribution < -0.4 is 10.6 Å². The maximum atomic E-state index is 12.4. The van der Waals surface area contributed by atoms with Gasteiger partial charge >= 0.3 is 6.03 Å². The molecule has 7 nitrogen and oxygen atoms in total. The van der Waals surface area contributed by atoms with Gasteiger partial charge in [-0.15, -0.1) is 0 Å². The average Bonchev–Trinajstić information content (AvgIpc) is 2.86. The molecule has 138 valence electrons. The number of ether oxygens (including phenoxy) is 2. The third-order valence-electron chi connectivity index (χ3n) is 4.57. The number of hydrogen-bond acceptors (Lipinski definition) is 5. The number of nitrogens with zero attached hydrogens (tertiary/aromatic N) is 2. The first-order valence-electron chi connectivity index (χ1n) is 8.98. The lowest BCUT2D eigenvalue weighted by molar-refractivity contribution is -0.0530. The second kappa shape index (κ2) is 8.01. The van der Waals surface area contributed by atoms with Crippen LogP contribution in [0.15, 0.2) is 24.4 Å². The molecule has 0 aromatic carbocycles. The highest BCUT2D eigenvalue weighted by Gasteiger charge is 2.44. The Morgan fingerprint density at radius 3 is 3.12 bits per heavy atom. The van der Waals surface area contributed by atoms with Crippen molar-refractivity contribution in [2.24, 2.45) is 5.92 Å². The fourth-order valence-corrected chi connectivity index (χ4v) is 3.41. The minimum Gasteiger partial charge on any atom is -0.377 e. The van der Waals surface area contributed by atoms with Gasteiger partial charge in [0.2, 0.25) is 0 Å². The molecule has 0 unspecified atom stereocenters. The third kappa shape index (κ3) is 4.83. The van der Waals surface area contributed by atoms with Crippen LogP contribution >= 0.6 is 0 Å². The summed E-state index contributed by atoms with van der Waals surface area (Å²) in [5.74, 6) is 1.25.